The first-order valence-electron chi connectivity index (χ1n) is 8.87. The second-order valence-corrected chi connectivity index (χ2v) is 6.43. The first-order chi connectivity index (χ1) is 11.2. The maximum Gasteiger partial charge on any atom is 0.333 e. The van der Waals surface area contributed by atoms with Crippen molar-refractivity contribution in [1.82, 2.24) is 0 Å². The van der Waals surface area contributed by atoms with Crippen LogP contribution in [0.3, 0.4) is 0 Å². The zero-order valence-corrected chi connectivity index (χ0v) is 16.3. The lowest BCUT2D eigenvalue weighted by Gasteiger charge is -2.05. The van der Waals surface area contributed by atoms with E-state index in [9.17, 15) is 9.59 Å². The van der Waals surface area contributed by atoms with Crippen molar-refractivity contribution in [2.75, 3.05) is 13.2 Å². The molecule has 4 heteroatoms. The van der Waals surface area contributed by atoms with Gasteiger partial charge in [-0.2, -0.15) is 0 Å². The average Bonchev–Trinajstić information content (AvgIpc) is 2.50. The van der Waals surface area contributed by atoms with E-state index in [1.807, 2.05) is 0 Å². The predicted octanol–water partition coefficient (Wildman–Crippen LogP) is 5.23. The molecule has 0 heterocycles. The molecule has 0 aliphatic carbocycles. The molecule has 0 unspecified atom stereocenters. The van der Waals surface area contributed by atoms with Crippen molar-refractivity contribution in [2.24, 2.45) is 5.92 Å². The van der Waals surface area contributed by atoms with Gasteiger partial charge in [-0.15, -0.1) is 0 Å². The molecule has 0 rings (SSSR count). The molecule has 24 heavy (non-hydrogen) atoms. The third-order valence-electron chi connectivity index (χ3n) is 3.09. The Labute approximate surface area is 148 Å². The van der Waals surface area contributed by atoms with Gasteiger partial charge in [0, 0.05) is 11.1 Å². The fraction of sp³-hybridized carbons (Fsp3) is 0.700. The van der Waals surface area contributed by atoms with Crippen LogP contribution in [-0.4, -0.2) is 25.2 Å². The van der Waals surface area contributed by atoms with Gasteiger partial charge >= 0.3 is 11.9 Å². The maximum absolute atomic E-state index is 11.0. The van der Waals surface area contributed by atoms with E-state index in [0.29, 0.717) is 24.4 Å². The quantitative estimate of drug-likeness (QED) is 0.294. The molecule has 0 aromatic carbocycles. The molecule has 0 radical (unpaired) electrons. The monoisotopic (exact) mass is 340 g/mol. The van der Waals surface area contributed by atoms with Crippen LogP contribution in [0.15, 0.2) is 24.3 Å². The Morgan fingerprint density at radius 3 is 1.67 bits per heavy atom. The molecule has 0 aromatic rings. The van der Waals surface area contributed by atoms with Gasteiger partial charge in [-0.05, 0) is 32.6 Å². The van der Waals surface area contributed by atoms with Gasteiger partial charge in [0.05, 0.1) is 13.2 Å². The number of ether oxygens (including phenoxy) is 2. The van der Waals surface area contributed by atoms with E-state index >= 15 is 0 Å². The van der Waals surface area contributed by atoms with Crippen molar-refractivity contribution in [3.8, 4) is 0 Å². The van der Waals surface area contributed by atoms with Crippen LogP contribution in [0.1, 0.15) is 73.1 Å². The number of hydrogen-bond donors (Lipinski definition) is 0. The fourth-order valence-corrected chi connectivity index (χ4v) is 1.55. The summed E-state index contributed by atoms with van der Waals surface area (Å²) in [6, 6.07) is 0. The number of hydrogen-bond acceptors (Lipinski definition) is 4. The fourth-order valence-electron chi connectivity index (χ4n) is 1.55. The smallest absolute Gasteiger partial charge is 0.333 e. The third kappa shape index (κ3) is 18.5. The van der Waals surface area contributed by atoms with Crippen molar-refractivity contribution in [3.63, 3.8) is 0 Å². The molecule has 0 saturated carbocycles. The molecular weight excluding hydrogens is 304 g/mol. The van der Waals surface area contributed by atoms with Crippen LogP contribution in [-0.2, 0) is 19.1 Å². The van der Waals surface area contributed by atoms with Crippen LogP contribution in [0.25, 0.3) is 0 Å². The van der Waals surface area contributed by atoms with Gasteiger partial charge in [0.25, 0.3) is 0 Å². The maximum atomic E-state index is 11.0. The highest BCUT2D eigenvalue weighted by Crippen LogP contribution is 2.08. The third-order valence-corrected chi connectivity index (χ3v) is 3.09. The molecule has 0 atom stereocenters. The molecule has 0 saturated heterocycles. The summed E-state index contributed by atoms with van der Waals surface area (Å²) >= 11 is 0. The second kappa shape index (κ2) is 16.3. The topological polar surface area (TPSA) is 52.6 Å². The molecule has 0 fully saturated rings. The Morgan fingerprint density at radius 2 is 1.29 bits per heavy atom. The van der Waals surface area contributed by atoms with Crippen LogP contribution in [0.4, 0.5) is 0 Å². The van der Waals surface area contributed by atoms with E-state index in [0.717, 1.165) is 31.6 Å². The zero-order chi connectivity index (χ0) is 19.0. The minimum atomic E-state index is -0.284. The normalized spacial score (nSPS) is 9.75. The highest BCUT2D eigenvalue weighted by molar-refractivity contribution is 5.87. The van der Waals surface area contributed by atoms with Crippen LogP contribution in [0.5, 0.6) is 0 Å². The lowest BCUT2D eigenvalue weighted by molar-refractivity contribution is -0.139. The summed E-state index contributed by atoms with van der Waals surface area (Å²) in [5.74, 6) is 0.218. The van der Waals surface area contributed by atoms with Crippen LogP contribution in [0.2, 0.25) is 0 Å². The van der Waals surface area contributed by atoms with E-state index < -0.39 is 0 Å². The SMILES string of the molecule is C=C(C)C(=O)OCCCC.C=C(C)C(=O)OCCCCCC(C)C. The zero-order valence-electron chi connectivity index (χ0n) is 16.3. The largest absolute Gasteiger partial charge is 0.462 e. The summed E-state index contributed by atoms with van der Waals surface area (Å²) in [5.41, 5.74) is 0.947. The highest BCUT2D eigenvalue weighted by atomic mass is 16.5. The average molecular weight is 341 g/mol. The van der Waals surface area contributed by atoms with Gasteiger partial charge in [0.1, 0.15) is 0 Å². The highest BCUT2D eigenvalue weighted by Gasteiger charge is 2.02. The summed E-state index contributed by atoms with van der Waals surface area (Å²) < 4.78 is 9.78. The number of unbranched alkanes of at least 4 members (excludes halogenated alkanes) is 3. The summed E-state index contributed by atoms with van der Waals surface area (Å²) in [4.78, 5) is 21.7. The van der Waals surface area contributed by atoms with Gasteiger partial charge in [-0.1, -0.05) is 59.6 Å². The standard InChI is InChI=1S/C12H22O2.C8H14O2/c1-10(2)8-6-5-7-9-14-12(13)11(3)4;1-4-5-6-10-8(9)7(2)3/h10H,3,5-9H2,1-2,4H3;2,4-6H2,1,3H3. The van der Waals surface area contributed by atoms with E-state index in [1.54, 1.807) is 13.8 Å². The van der Waals surface area contributed by atoms with Crippen molar-refractivity contribution in [3.05, 3.63) is 24.3 Å². The number of carbonyl (C=O) groups excluding carboxylic acids is 2. The van der Waals surface area contributed by atoms with Crippen molar-refractivity contribution >= 4 is 11.9 Å². The summed E-state index contributed by atoms with van der Waals surface area (Å²) in [7, 11) is 0. The number of carbonyl (C=O) groups is 2. The second-order valence-electron chi connectivity index (χ2n) is 6.43. The van der Waals surface area contributed by atoms with E-state index in [2.05, 4.69) is 33.9 Å². The molecule has 140 valence electrons. The van der Waals surface area contributed by atoms with Gasteiger partial charge < -0.3 is 9.47 Å². The van der Waals surface area contributed by atoms with Crippen LogP contribution >= 0.6 is 0 Å². The first kappa shape index (κ1) is 24.7. The minimum Gasteiger partial charge on any atom is -0.462 e. The Kier molecular flexibility index (Phi) is 16.7. The van der Waals surface area contributed by atoms with Gasteiger partial charge in [-0.25, -0.2) is 9.59 Å². The molecule has 0 spiro atoms. The Bertz CT molecular complexity index is 383. The minimum absolute atomic E-state index is 0.270. The summed E-state index contributed by atoms with van der Waals surface area (Å²) in [6.45, 7) is 17.8. The molecule has 0 N–H and O–H groups in total. The number of esters is 2. The Morgan fingerprint density at radius 1 is 0.833 bits per heavy atom. The van der Waals surface area contributed by atoms with Crippen molar-refractivity contribution in [1.29, 1.82) is 0 Å². The van der Waals surface area contributed by atoms with Gasteiger partial charge in [0.15, 0.2) is 0 Å². The molecule has 4 nitrogen and oxygen atoms in total. The Hall–Kier alpha value is -1.58. The first-order valence-corrected chi connectivity index (χ1v) is 8.87. The summed E-state index contributed by atoms with van der Waals surface area (Å²) in [5, 5.41) is 0. The van der Waals surface area contributed by atoms with E-state index in [4.69, 9.17) is 9.47 Å². The van der Waals surface area contributed by atoms with E-state index in [1.165, 1.54) is 12.8 Å². The van der Waals surface area contributed by atoms with E-state index in [-0.39, 0.29) is 11.9 Å². The number of rotatable bonds is 11. The molecular formula is C20H36O4. The van der Waals surface area contributed by atoms with Crippen LogP contribution in [0, 0.1) is 5.92 Å². The molecule has 0 amide bonds. The molecule has 0 aliphatic heterocycles. The van der Waals surface area contributed by atoms with Crippen LogP contribution < -0.4 is 0 Å². The van der Waals surface area contributed by atoms with Gasteiger partial charge in [-0.3, -0.25) is 0 Å². The lowest BCUT2D eigenvalue weighted by atomic mass is 10.1. The van der Waals surface area contributed by atoms with Gasteiger partial charge in [0.2, 0.25) is 0 Å². The molecule has 0 aliphatic rings. The molecule has 0 bridgehead atoms. The predicted molar refractivity (Wildman–Crippen MR) is 99.8 cm³/mol. The lowest BCUT2D eigenvalue weighted by Crippen LogP contribution is -2.06. The Balaban J connectivity index is 0. The van der Waals surface area contributed by atoms with Crippen molar-refractivity contribution in [2.45, 2.75) is 73.1 Å². The molecule has 0 aromatic heterocycles. The van der Waals surface area contributed by atoms with Crippen molar-refractivity contribution < 1.29 is 19.1 Å². The summed E-state index contributed by atoms with van der Waals surface area (Å²) in [6.07, 6.45) is 6.56.